The van der Waals surface area contributed by atoms with Gasteiger partial charge in [-0.2, -0.15) is 0 Å². The van der Waals surface area contributed by atoms with Crippen molar-refractivity contribution < 1.29 is 9.53 Å². The molecule has 0 spiro atoms. The summed E-state index contributed by atoms with van der Waals surface area (Å²) < 4.78 is 6.60. The van der Waals surface area contributed by atoms with E-state index in [0.29, 0.717) is 11.1 Å². The Morgan fingerprint density at radius 1 is 1.30 bits per heavy atom. The van der Waals surface area contributed by atoms with Crippen LogP contribution in [0.4, 0.5) is 5.69 Å². The van der Waals surface area contributed by atoms with Crippen molar-refractivity contribution in [3.63, 3.8) is 0 Å². The molecule has 1 aromatic heterocycles. The molecule has 2 rings (SSSR count). The van der Waals surface area contributed by atoms with Crippen molar-refractivity contribution in [1.82, 2.24) is 4.57 Å². The van der Waals surface area contributed by atoms with Crippen LogP contribution in [0.5, 0.6) is 0 Å². The zero-order chi connectivity index (χ0) is 14.9. The van der Waals surface area contributed by atoms with Crippen LogP contribution in [0.15, 0.2) is 35.3 Å². The number of hydrogen-bond donors (Lipinski definition) is 1. The van der Waals surface area contributed by atoms with Crippen molar-refractivity contribution in [3.8, 4) is 0 Å². The molecule has 0 fully saturated rings. The van der Waals surface area contributed by atoms with Crippen LogP contribution in [0.2, 0.25) is 0 Å². The molecule has 2 N–H and O–H groups in total. The van der Waals surface area contributed by atoms with Gasteiger partial charge in [-0.25, -0.2) is 0 Å². The number of esters is 1. The Bertz CT molecular complexity index is 717. The van der Waals surface area contributed by atoms with Gasteiger partial charge in [0.15, 0.2) is 0 Å². The van der Waals surface area contributed by atoms with E-state index in [1.165, 1.54) is 6.92 Å². The summed E-state index contributed by atoms with van der Waals surface area (Å²) >= 11 is 0. The number of pyridine rings is 1. The molecule has 1 aromatic carbocycles. The molecule has 106 valence electrons. The summed E-state index contributed by atoms with van der Waals surface area (Å²) in [5.74, 6) is -0.365. The molecule has 0 atom stereocenters. The highest BCUT2D eigenvalue weighted by molar-refractivity contribution is 5.91. The number of benzene rings is 1. The second-order valence-electron chi connectivity index (χ2n) is 5.39. The standard InChI is InChI=1S/C15H18N2O3/c1-10(18)20-9-15(2,3)17-8-7-11-12(14(17)19)5-4-6-13(11)16/h4-8H,9,16H2,1-3H3. The van der Waals surface area contributed by atoms with Gasteiger partial charge in [-0.15, -0.1) is 0 Å². The normalized spacial score (nSPS) is 11.6. The van der Waals surface area contributed by atoms with E-state index in [0.717, 1.165) is 5.39 Å². The quantitative estimate of drug-likeness (QED) is 0.685. The van der Waals surface area contributed by atoms with Gasteiger partial charge in [-0.1, -0.05) is 6.07 Å². The smallest absolute Gasteiger partial charge is 0.302 e. The van der Waals surface area contributed by atoms with Gasteiger partial charge in [-0.3, -0.25) is 9.59 Å². The molecule has 0 bridgehead atoms. The molecule has 1 heterocycles. The van der Waals surface area contributed by atoms with Gasteiger partial charge in [0.1, 0.15) is 6.61 Å². The summed E-state index contributed by atoms with van der Waals surface area (Å²) in [4.78, 5) is 23.5. The molecule has 0 aliphatic heterocycles. The fourth-order valence-electron chi connectivity index (χ4n) is 2.13. The summed E-state index contributed by atoms with van der Waals surface area (Å²) in [6.45, 7) is 5.17. The lowest BCUT2D eigenvalue weighted by Gasteiger charge is -2.27. The molecular formula is C15H18N2O3. The second-order valence-corrected chi connectivity index (χ2v) is 5.39. The van der Waals surface area contributed by atoms with Crippen LogP contribution < -0.4 is 11.3 Å². The van der Waals surface area contributed by atoms with Crippen molar-refractivity contribution in [2.45, 2.75) is 26.3 Å². The Labute approximate surface area is 117 Å². The Morgan fingerprint density at radius 2 is 2.00 bits per heavy atom. The molecule has 20 heavy (non-hydrogen) atoms. The number of ether oxygens (including phenoxy) is 1. The molecule has 0 saturated carbocycles. The van der Waals surface area contributed by atoms with Crippen LogP contribution in [-0.4, -0.2) is 17.1 Å². The highest BCUT2D eigenvalue weighted by Crippen LogP contribution is 2.20. The van der Waals surface area contributed by atoms with Gasteiger partial charge in [0.25, 0.3) is 5.56 Å². The van der Waals surface area contributed by atoms with Crippen molar-refractivity contribution in [2.24, 2.45) is 0 Å². The second kappa shape index (κ2) is 5.00. The maximum Gasteiger partial charge on any atom is 0.302 e. The van der Waals surface area contributed by atoms with E-state index in [9.17, 15) is 9.59 Å². The molecule has 0 radical (unpaired) electrons. The number of fused-ring (bicyclic) bond motifs is 1. The van der Waals surface area contributed by atoms with Crippen LogP contribution in [0, 0.1) is 0 Å². The number of carbonyl (C=O) groups is 1. The van der Waals surface area contributed by atoms with Gasteiger partial charge in [0.05, 0.1) is 5.54 Å². The largest absolute Gasteiger partial charge is 0.463 e. The molecule has 0 saturated heterocycles. The number of nitrogens with zero attached hydrogens (tertiary/aromatic N) is 1. The fourth-order valence-corrected chi connectivity index (χ4v) is 2.13. The maximum absolute atomic E-state index is 12.5. The van der Waals surface area contributed by atoms with E-state index in [1.54, 1.807) is 29.0 Å². The van der Waals surface area contributed by atoms with Crippen LogP contribution in [-0.2, 0) is 15.1 Å². The van der Waals surface area contributed by atoms with Crippen molar-refractivity contribution in [2.75, 3.05) is 12.3 Å². The van der Waals surface area contributed by atoms with E-state index in [2.05, 4.69) is 0 Å². The maximum atomic E-state index is 12.5. The van der Waals surface area contributed by atoms with Gasteiger partial charge in [-0.05, 0) is 32.0 Å². The lowest BCUT2D eigenvalue weighted by atomic mass is 10.0. The van der Waals surface area contributed by atoms with Crippen LogP contribution in [0.1, 0.15) is 20.8 Å². The third-order valence-corrected chi connectivity index (χ3v) is 3.26. The number of rotatable bonds is 3. The number of carbonyl (C=O) groups excluding carboxylic acids is 1. The Kier molecular flexibility index (Phi) is 3.53. The van der Waals surface area contributed by atoms with E-state index in [1.807, 2.05) is 19.9 Å². The summed E-state index contributed by atoms with van der Waals surface area (Å²) in [5.41, 5.74) is 5.67. The summed E-state index contributed by atoms with van der Waals surface area (Å²) in [6, 6.07) is 7.06. The zero-order valence-corrected chi connectivity index (χ0v) is 11.8. The first-order valence-electron chi connectivity index (χ1n) is 6.36. The molecule has 0 unspecified atom stereocenters. The zero-order valence-electron chi connectivity index (χ0n) is 11.8. The summed E-state index contributed by atoms with van der Waals surface area (Å²) in [7, 11) is 0. The molecule has 0 aliphatic carbocycles. The molecule has 0 aliphatic rings. The lowest BCUT2D eigenvalue weighted by Crippen LogP contribution is -2.40. The number of anilines is 1. The minimum Gasteiger partial charge on any atom is -0.463 e. The topological polar surface area (TPSA) is 74.3 Å². The van der Waals surface area contributed by atoms with Gasteiger partial charge < -0.3 is 15.0 Å². The Morgan fingerprint density at radius 3 is 2.65 bits per heavy atom. The third kappa shape index (κ3) is 2.52. The van der Waals surface area contributed by atoms with Gasteiger partial charge in [0.2, 0.25) is 0 Å². The first-order valence-corrected chi connectivity index (χ1v) is 6.36. The monoisotopic (exact) mass is 274 g/mol. The van der Waals surface area contributed by atoms with E-state index >= 15 is 0 Å². The minimum atomic E-state index is -0.623. The number of hydrogen-bond acceptors (Lipinski definition) is 4. The van der Waals surface area contributed by atoms with E-state index < -0.39 is 5.54 Å². The van der Waals surface area contributed by atoms with Crippen molar-refractivity contribution in [3.05, 3.63) is 40.8 Å². The minimum absolute atomic E-state index is 0.135. The molecular weight excluding hydrogens is 256 g/mol. The highest BCUT2D eigenvalue weighted by Gasteiger charge is 2.23. The number of nitrogens with two attached hydrogens (primary N) is 1. The number of nitrogen functional groups attached to an aromatic ring is 1. The fraction of sp³-hybridized carbons (Fsp3) is 0.333. The van der Waals surface area contributed by atoms with Gasteiger partial charge in [0, 0.05) is 29.6 Å². The van der Waals surface area contributed by atoms with Crippen molar-refractivity contribution >= 4 is 22.4 Å². The average Bonchev–Trinajstić information content (AvgIpc) is 2.38. The number of aromatic nitrogens is 1. The molecule has 2 aromatic rings. The summed E-state index contributed by atoms with van der Waals surface area (Å²) in [5, 5.41) is 1.29. The highest BCUT2D eigenvalue weighted by atomic mass is 16.5. The predicted octanol–water partition coefficient (Wildman–Crippen LogP) is 1.88. The van der Waals surface area contributed by atoms with Crippen LogP contribution in [0.25, 0.3) is 10.8 Å². The summed E-state index contributed by atoms with van der Waals surface area (Å²) in [6.07, 6.45) is 1.69. The Balaban J connectivity index is 2.53. The van der Waals surface area contributed by atoms with E-state index in [4.69, 9.17) is 10.5 Å². The van der Waals surface area contributed by atoms with Crippen LogP contribution >= 0.6 is 0 Å². The van der Waals surface area contributed by atoms with Gasteiger partial charge >= 0.3 is 5.97 Å². The lowest BCUT2D eigenvalue weighted by molar-refractivity contribution is -0.143. The first-order chi connectivity index (χ1) is 9.33. The third-order valence-electron chi connectivity index (χ3n) is 3.26. The predicted molar refractivity (Wildman–Crippen MR) is 78.6 cm³/mol. The molecule has 0 amide bonds. The average molecular weight is 274 g/mol. The first kappa shape index (κ1) is 14.1. The van der Waals surface area contributed by atoms with Crippen molar-refractivity contribution in [1.29, 1.82) is 0 Å². The molecule has 5 heteroatoms. The molecule has 5 nitrogen and oxygen atoms in total. The van der Waals surface area contributed by atoms with Crippen LogP contribution in [0.3, 0.4) is 0 Å². The Hall–Kier alpha value is -2.30. The van der Waals surface area contributed by atoms with E-state index in [-0.39, 0.29) is 18.1 Å². The SMILES string of the molecule is CC(=O)OCC(C)(C)n1ccc2c(N)cccc2c1=O.